The van der Waals surface area contributed by atoms with Crippen LogP contribution >= 0.6 is 0 Å². The van der Waals surface area contributed by atoms with E-state index in [4.69, 9.17) is 5.11 Å². The first-order valence-electron chi connectivity index (χ1n) is 6.51. The van der Waals surface area contributed by atoms with Crippen LogP contribution in [0, 0.1) is 11.3 Å². The van der Waals surface area contributed by atoms with E-state index < -0.39 is 12.0 Å². The molecule has 1 aliphatic carbocycles. The topological polar surface area (TPSA) is 78.4 Å². The molecule has 0 heterocycles. The lowest BCUT2D eigenvalue weighted by molar-refractivity contribution is -0.140. The Balaban J connectivity index is 2.44. The predicted octanol–water partition coefficient (Wildman–Crippen LogP) is 1.97. The number of amides is 2. The van der Waals surface area contributed by atoms with Gasteiger partial charge in [0.25, 0.3) is 0 Å². The van der Waals surface area contributed by atoms with Crippen molar-refractivity contribution in [3.63, 3.8) is 0 Å². The summed E-state index contributed by atoms with van der Waals surface area (Å²) in [7, 11) is 0. The molecule has 0 aliphatic heterocycles. The maximum Gasteiger partial charge on any atom is 0.326 e. The van der Waals surface area contributed by atoms with Crippen LogP contribution in [0.4, 0.5) is 4.79 Å². The highest BCUT2D eigenvalue weighted by atomic mass is 16.4. The van der Waals surface area contributed by atoms with E-state index in [1.165, 1.54) is 0 Å². The molecule has 5 heteroatoms. The summed E-state index contributed by atoms with van der Waals surface area (Å²) in [6.45, 7) is 7.91. The molecule has 104 valence electrons. The van der Waals surface area contributed by atoms with E-state index in [9.17, 15) is 9.59 Å². The zero-order chi connectivity index (χ0) is 13.9. The fraction of sp³-hybridized carbons (Fsp3) is 0.846. The minimum Gasteiger partial charge on any atom is -0.480 e. The summed E-state index contributed by atoms with van der Waals surface area (Å²) in [6.07, 6.45) is 2.99. The molecule has 3 N–H and O–H groups in total. The van der Waals surface area contributed by atoms with Gasteiger partial charge in [0, 0.05) is 6.04 Å². The van der Waals surface area contributed by atoms with Gasteiger partial charge in [-0.25, -0.2) is 9.59 Å². The van der Waals surface area contributed by atoms with Gasteiger partial charge in [-0.05, 0) is 30.6 Å². The Morgan fingerprint density at radius 2 is 1.94 bits per heavy atom. The molecule has 0 aromatic carbocycles. The van der Waals surface area contributed by atoms with E-state index in [2.05, 4.69) is 24.5 Å². The van der Waals surface area contributed by atoms with Gasteiger partial charge in [-0.2, -0.15) is 0 Å². The second kappa shape index (κ2) is 5.59. The van der Waals surface area contributed by atoms with Crippen LogP contribution in [0.3, 0.4) is 0 Å². The molecule has 2 atom stereocenters. The maximum absolute atomic E-state index is 11.7. The van der Waals surface area contributed by atoms with Crippen molar-refractivity contribution in [1.82, 2.24) is 10.6 Å². The Morgan fingerprint density at radius 3 is 2.33 bits per heavy atom. The molecule has 0 aromatic heterocycles. The van der Waals surface area contributed by atoms with Crippen molar-refractivity contribution < 1.29 is 14.7 Å². The number of carbonyl (C=O) groups is 2. The number of carboxylic acids is 1. The highest BCUT2D eigenvalue weighted by molar-refractivity contribution is 5.82. The molecule has 1 fully saturated rings. The number of hydrogen-bond donors (Lipinski definition) is 3. The summed E-state index contributed by atoms with van der Waals surface area (Å²) in [5, 5.41) is 14.4. The Hall–Kier alpha value is -1.26. The van der Waals surface area contributed by atoms with Crippen LogP contribution in [0.15, 0.2) is 0 Å². The lowest BCUT2D eigenvalue weighted by Crippen LogP contribution is -2.50. The summed E-state index contributed by atoms with van der Waals surface area (Å²) < 4.78 is 0. The van der Waals surface area contributed by atoms with E-state index in [0.717, 1.165) is 19.3 Å². The third kappa shape index (κ3) is 4.20. The Labute approximate surface area is 108 Å². The Morgan fingerprint density at radius 1 is 1.33 bits per heavy atom. The van der Waals surface area contributed by atoms with E-state index >= 15 is 0 Å². The summed E-state index contributed by atoms with van der Waals surface area (Å²) >= 11 is 0. The van der Waals surface area contributed by atoms with Crippen LogP contribution in [0.25, 0.3) is 0 Å². The molecule has 0 saturated heterocycles. The first kappa shape index (κ1) is 14.8. The third-order valence-corrected chi connectivity index (χ3v) is 3.52. The molecule has 18 heavy (non-hydrogen) atoms. The minimum atomic E-state index is -0.994. The van der Waals surface area contributed by atoms with Crippen molar-refractivity contribution in [2.24, 2.45) is 11.3 Å². The van der Waals surface area contributed by atoms with Gasteiger partial charge in [0.05, 0.1) is 0 Å². The highest BCUT2D eigenvalue weighted by Gasteiger charge is 2.32. The molecular formula is C13H24N2O3. The molecule has 2 amide bonds. The first-order valence-corrected chi connectivity index (χ1v) is 6.51. The van der Waals surface area contributed by atoms with Gasteiger partial charge in [0.2, 0.25) is 0 Å². The van der Waals surface area contributed by atoms with Crippen LogP contribution < -0.4 is 10.6 Å². The first-order chi connectivity index (χ1) is 8.21. The van der Waals surface area contributed by atoms with Crippen LogP contribution in [0.2, 0.25) is 0 Å². The second-order valence-corrected chi connectivity index (χ2v) is 6.28. The summed E-state index contributed by atoms with van der Waals surface area (Å²) in [5.41, 5.74) is 0.266. The Kier molecular flexibility index (Phi) is 4.59. The molecule has 0 spiro atoms. The summed E-state index contributed by atoms with van der Waals surface area (Å²) in [5.74, 6) is -1.12. The largest absolute Gasteiger partial charge is 0.480 e. The third-order valence-electron chi connectivity index (χ3n) is 3.52. The number of urea groups is 1. The van der Waals surface area contributed by atoms with Crippen LogP contribution in [0.5, 0.6) is 0 Å². The van der Waals surface area contributed by atoms with Crippen molar-refractivity contribution in [2.45, 2.75) is 59.0 Å². The lowest BCUT2D eigenvalue weighted by Gasteiger charge is -2.21. The van der Waals surface area contributed by atoms with Gasteiger partial charge < -0.3 is 15.7 Å². The number of hydrogen-bond acceptors (Lipinski definition) is 2. The summed E-state index contributed by atoms with van der Waals surface area (Å²) in [4.78, 5) is 22.7. The summed E-state index contributed by atoms with van der Waals surface area (Å²) in [6, 6.07) is -1.06. The fourth-order valence-corrected chi connectivity index (χ4v) is 2.44. The average molecular weight is 256 g/mol. The zero-order valence-electron chi connectivity index (χ0n) is 11.6. The van der Waals surface area contributed by atoms with Gasteiger partial charge in [0.1, 0.15) is 6.04 Å². The zero-order valence-corrected chi connectivity index (χ0v) is 11.6. The van der Waals surface area contributed by atoms with Crippen molar-refractivity contribution in [1.29, 1.82) is 0 Å². The number of carboxylic acid groups (broad SMARTS) is 1. The number of carbonyl (C=O) groups excluding carboxylic acids is 1. The van der Waals surface area contributed by atoms with Gasteiger partial charge in [-0.3, -0.25) is 0 Å². The van der Waals surface area contributed by atoms with Crippen molar-refractivity contribution in [2.75, 3.05) is 0 Å². The molecule has 5 nitrogen and oxygen atoms in total. The maximum atomic E-state index is 11.7. The molecule has 0 bridgehead atoms. The van der Waals surface area contributed by atoms with Crippen molar-refractivity contribution in [3.8, 4) is 0 Å². The van der Waals surface area contributed by atoms with Gasteiger partial charge in [-0.15, -0.1) is 0 Å². The van der Waals surface area contributed by atoms with Crippen LogP contribution in [-0.2, 0) is 4.79 Å². The number of nitrogens with one attached hydrogen (secondary N) is 2. The quantitative estimate of drug-likeness (QED) is 0.719. The SMILES string of the molecule is CC(C)[C@H](NC(=O)NC1CCC(C)(C)C1)C(=O)O. The van der Waals surface area contributed by atoms with E-state index in [1.807, 2.05) is 0 Å². The number of aliphatic carboxylic acids is 1. The van der Waals surface area contributed by atoms with Crippen LogP contribution in [0.1, 0.15) is 47.0 Å². The molecule has 1 rings (SSSR count). The van der Waals surface area contributed by atoms with Gasteiger partial charge in [0.15, 0.2) is 0 Å². The lowest BCUT2D eigenvalue weighted by atomic mass is 9.92. The average Bonchev–Trinajstić information content (AvgIpc) is 2.53. The van der Waals surface area contributed by atoms with Gasteiger partial charge >= 0.3 is 12.0 Å². The molecule has 1 aliphatic rings. The van der Waals surface area contributed by atoms with Crippen molar-refractivity contribution in [3.05, 3.63) is 0 Å². The molecule has 1 unspecified atom stereocenters. The molecule has 0 aromatic rings. The number of rotatable bonds is 4. The van der Waals surface area contributed by atoms with Gasteiger partial charge in [-0.1, -0.05) is 27.7 Å². The monoisotopic (exact) mass is 256 g/mol. The van der Waals surface area contributed by atoms with Crippen molar-refractivity contribution >= 4 is 12.0 Å². The molecule has 0 radical (unpaired) electrons. The fourth-order valence-electron chi connectivity index (χ4n) is 2.44. The molecule has 1 saturated carbocycles. The van der Waals surface area contributed by atoms with E-state index in [1.54, 1.807) is 13.8 Å². The normalized spacial score (nSPS) is 23.7. The Bertz CT molecular complexity index is 326. The minimum absolute atomic E-state index is 0.131. The standard InChI is InChI=1S/C13H24N2O3/c1-8(2)10(11(16)17)15-12(18)14-9-5-6-13(3,4)7-9/h8-10H,5-7H2,1-4H3,(H,16,17)(H2,14,15,18)/t9?,10-/m0/s1. The highest BCUT2D eigenvalue weighted by Crippen LogP contribution is 2.36. The smallest absolute Gasteiger partial charge is 0.326 e. The predicted molar refractivity (Wildman–Crippen MR) is 69.3 cm³/mol. The van der Waals surface area contributed by atoms with E-state index in [-0.39, 0.29) is 23.4 Å². The molecular weight excluding hydrogens is 232 g/mol. The second-order valence-electron chi connectivity index (χ2n) is 6.28. The van der Waals surface area contributed by atoms with E-state index in [0.29, 0.717) is 0 Å². The van der Waals surface area contributed by atoms with Crippen LogP contribution in [-0.4, -0.2) is 29.2 Å².